The van der Waals surface area contributed by atoms with Gasteiger partial charge in [0, 0.05) is 52.6 Å². The second-order valence-electron chi connectivity index (χ2n) is 16.2. The molecule has 73 heavy (non-hydrogen) atoms. The third kappa shape index (κ3) is 14.1. The Balaban J connectivity index is 0.000000298. The number of nitrogens with zero attached hydrogens (tertiary/aromatic N) is 7. The first kappa shape index (κ1) is 57.5. The van der Waals surface area contributed by atoms with Gasteiger partial charge in [-0.2, -0.15) is 15.5 Å². The van der Waals surface area contributed by atoms with Crippen LogP contribution in [0.25, 0.3) is 21.8 Å². The molecule has 2 aliphatic rings. The molecular formula is C46H49Cl2F2N13O10. The molecule has 8 rings (SSSR count). The van der Waals surface area contributed by atoms with Crippen molar-refractivity contribution in [3.05, 3.63) is 128 Å². The number of aromatic nitrogens is 4. The summed E-state index contributed by atoms with van der Waals surface area (Å²) >= 11 is 11.5. The average molecular weight is 1050 g/mol. The number of nitrogens with one attached hydrogen (secondary N) is 2. The fourth-order valence-corrected chi connectivity index (χ4v) is 7.79. The quantitative estimate of drug-likeness (QED) is 0.0482. The molecule has 0 unspecified atom stereocenters. The molecule has 23 nitrogen and oxygen atoms in total. The topological polar surface area (TPSA) is 394 Å². The number of fused-ring (bicyclic) bond motifs is 2. The molecule has 15 N–H and O–H groups in total. The van der Waals surface area contributed by atoms with Crippen molar-refractivity contribution >= 4 is 86.4 Å². The number of halogens is 4. The number of hydrogen-bond acceptors (Lipinski definition) is 13. The maximum atomic E-state index is 14.1. The number of rotatable bonds is 17. The second-order valence-corrected chi connectivity index (χ2v) is 17.0. The van der Waals surface area contributed by atoms with Crippen molar-refractivity contribution in [1.29, 1.82) is 5.26 Å². The Morgan fingerprint density at radius 2 is 1.08 bits per heavy atom. The number of amides is 7. The van der Waals surface area contributed by atoms with Crippen molar-refractivity contribution in [2.45, 2.75) is 63.9 Å². The van der Waals surface area contributed by atoms with Gasteiger partial charge in [0.1, 0.15) is 24.7 Å². The minimum atomic E-state index is -0.792. The number of primary amides is 3. The van der Waals surface area contributed by atoms with E-state index in [0.717, 1.165) is 25.7 Å². The third-order valence-corrected chi connectivity index (χ3v) is 11.8. The van der Waals surface area contributed by atoms with Gasteiger partial charge in [0.2, 0.25) is 29.5 Å². The molecule has 27 heteroatoms. The molecule has 0 bridgehead atoms. The van der Waals surface area contributed by atoms with Crippen LogP contribution in [-0.2, 0) is 45.4 Å². The summed E-state index contributed by atoms with van der Waals surface area (Å²) in [5.41, 5.74) is 17.8. The zero-order valence-corrected chi connectivity index (χ0v) is 40.0. The largest absolute Gasteiger partial charge is 0.412 e. The van der Waals surface area contributed by atoms with Crippen LogP contribution in [0.2, 0.25) is 10.0 Å². The number of carbonyl (C=O) groups is 7. The van der Waals surface area contributed by atoms with E-state index in [9.17, 15) is 47.6 Å². The summed E-state index contributed by atoms with van der Waals surface area (Å²) in [4.78, 5) is 89.4. The normalized spacial score (nSPS) is 12.3. The van der Waals surface area contributed by atoms with Gasteiger partial charge in [-0.25, -0.2) is 8.78 Å². The second kappa shape index (κ2) is 25.3. The van der Waals surface area contributed by atoms with Gasteiger partial charge >= 0.3 is 0 Å². The monoisotopic (exact) mass is 1050 g/mol. The maximum Gasteiger partial charge on any atom is 0.269 e. The molecule has 2 aromatic heterocycles. The highest BCUT2D eigenvalue weighted by atomic mass is 35.5. The van der Waals surface area contributed by atoms with E-state index < -0.39 is 47.1 Å². The Morgan fingerprint density at radius 3 is 1.47 bits per heavy atom. The lowest BCUT2D eigenvalue weighted by Crippen LogP contribution is -2.43. The van der Waals surface area contributed by atoms with Crippen LogP contribution < -0.4 is 34.0 Å². The van der Waals surface area contributed by atoms with E-state index in [4.69, 9.17) is 50.9 Å². The fraction of sp³-hybridized carbons (Fsp3) is 0.261. The summed E-state index contributed by atoms with van der Waals surface area (Å²) in [6.45, 7) is -1.14. The van der Waals surface area contributed by atoms with Gasteiger partial charge in [0.05, 0.1) is 45.8 Å². The summed E-state index contributed by atoms with van der Waals surface area (Å²) in [5.74, 6) is -5.16. The van der Waals surface area contributed by atoms with Gasteiger partial charge in [-0.05, 0) is 74.2 Å². The van der Waals surface area contributed by atoms with Crippen LogP contribution in [0.3, 0.4) is 0 Å². The van der Waals surface area contributed by atoms with Crippen molar-refractivity contribution in [2.75, 3.05) is 13.1 Å². The summed E-state index contributed by atoms with van der Waals surface area (Å²) in [6, 6.07) is 19.8. The van der Waals surface area contributed by atoms with Crippen molar-refractivity contribution in [2.24, 2.45) is 17.2 Å². The summed E-state index contributed by atoms with van der Waals surface area (Å²) in [6.07, 6.45) is 2.99. The predicted octanol–water partition coefficient (Wildman–Crippen LogP) is 2.80. The van der Waals surface area contributed by atoms with Crippen LogP contribution in [0.4, 0.5) is 8.78 Å². The molecule has 0 radical (unpaired) electrons. The molecule has 2 heterocycles. The average Bonchev–Trinajstić information content (AvgIpc) is 4.30. The Bertz CT molecular complexity index is 3120. The molecule has 6 aromatic rings. The highest BCUT2D eigenvalue weighted by molar-refractivity contribution is 6.31. The number of benzene rings is 4. The van der Waals surface area contributed by atoms with Crippen LogP contribution in [0, 0.1) is 23.0 Å². The molecule has 0 spiro atoms. The van der Waals surface area contributed by atoms with Crippen molar-refractivity contribution < 1.29 is 58.3 Å². The first-order valence-corrected chi connectivity index (χ1v) is 22.2. The number of hydrogen-bond donors (Lipinski definition) is 8. The first-order valence-electron chi connectivity index (χ1n) is 21.4. The van der Waals surface area contributed by atoms with Gasteiger partial charge in [-0.1, -0.05) is 47.5 Å². The smallest absolute Gasteiger partial charge is 0.269 e. The minimum absolute atomic E-state index is 0. The fourth-order valence-electron chi connectivity index (χ4n) is 7.41. The van der Waals surface area contributed by atoms with Crippen LogP contribution >= 0.6 is 23.2 Å². The van der Waals surface area contributed by atoms with E-state index in [2.05, 4.69) is 20.8 Å². The molecule has 2 saturated carbocycles. The van der Waals surface area contributed by atoms with Gasteiger partial charge in [-0.3, -0.25) is 53.4 Å². The Hall–Kier alpha value is -8.12. The van der Waals surface area contributed by atoms with Crippen molar-refractivity contribution in [3.8, 4) is 6.07 Å². The van der Waals surface area contributed by atoms with Crippen LogP contribution in [0.1, 0.15) is 73.7 Å². The first-order chi connectivity index (χ1) is 33.9. The lowest BCUT2D eigenvalue weighted by molar-refractivity contribution is -0.176. The van der Waals surface area contributed by atoms with E-state index in [1.807, 2.05) is 6.07 Å². The number of nitrogens with two attached hydrogens (primary N) is 3. The third-order valence-electron chi connectivity index (χ3n) is 11.2. The number of carbonyl (C=O) groups excluding carboxylic acids is 7. The molecule has 2 fully saturated rings. The molecule has 7 amide bonds. The highest BCUT2D eigenvalue weighted by Gasteiger charge is 2.36. The zero-order valence-electron chi connectivity index (χ0n) is 38.5. The Kier molecular flexibility index (Phi) is 19.9. The highest BCUT2D eigenvalue weighted by Crippen LogP contribution is 2.29. The van der Waals surface area contributed by atoms with Gasteiger partial charge in [0.25, 0.3) is 11.8 Å². The molecule has 386 valence electrons. The van der Waals surface area contributed by atoms with Crippen molar-refractivity contribution in [1.82, 2.24) is 46.1 Å². The van der Waals surface area contributed by atoms with Crippen LogP contribution in [0.5, 0.6) is 0 Å². The summed E-state index contributed by atoms with van der Waals surface area (Å²) in [5, 5.41) is 35.4. The summed E-state index contributed by atoms with van der Waals surface area (Å²) in [7, 11) is 0. The minimum Gasteiger partial charge on any atom is -0.412 e. The molecule has 4 aromatic carbocycles. The summed E-state index contributed by atoms with van der Waals surface area (Å²) < 4.78 is 30.7. The molecular weight excluding hydrogens is 1000 g/mol. The van der Waals surface area contributed by atoms with Crippen molar-refractivity contribution in [3.63, 3.8) is 0 Å². The van der Waals surface area contributed by atoms with Gasteiger partial charge in [0.15, 0.2) is 11.4 Å². The van der Waals surface area contributed by atoms with E-state index in [0.29, 0.717) is 27.4 Å². The van der Waals surface area contributed by atoms with E-state index >= 15 is 0 Å². The molecule has 0 atom stereocenters. The van der Waals surface area contributed by atoms with E-state index in [-0.39, 0.29) is 107 Å². The van der Waals surface area contributed by atoms with Crippen LogP contribution in [-0.4, -0.2) is 112 Å². The Labute approximate surface area is 423 Å². The SMILES string of the molecule is N.N#Cc1ccc2c(C(N)=O)nn(CC(=O)N(CC(=O)NCc3cccc(Cl)c3F)C3CC3)c2c1.NC(=O)c1ccc2c(C(N)=O)nn(CC(=O)N(CC(=O)NCc3cccc(Cl)c3F)C3CC3)c2c1.O.OO. The molecule has 0 saturated heterocycles. The Morgan fingerprint density at radius 1 is 0.671 bits per heavy atom. The van der Waals surface area contributed by atoms with E-state index in [1.54, 1.807) is 18.2 Å². The number of nitriles is 1. The lowest BCUT2D eigenvalue weighted by atomic mass is 10.1. The lowest BCUT2D eigenvalue weighted by Gasteiger charge is -2.22. The standard InChI is InChI=1S/C23H22ClFN6O4.C23H20ClFN6O3.H3N.H2O2.H2O/c24-16-3-1-2-13(20(16)25)9-28-18(32)10-30(14-5-6-14)19(33)11-31-17-8-12(22(26)34)4-7-15(17)21(29-31)23(27)35;24-17-3-1-2-14(21(17)25)10-28-19(32)11-30(15-5-6-15)20(33)12-31-18-8-13(9-26)4-7-16(18)22(29-31)23(27)34;;1-2;/h1-4,7-8,14H,5-6,9-11H2,(H2,26,34)(H2,27,35)(H,28,32);1-4,7-8,15H,5-6,10-12H2,(H2,27,34)(H,28,32);1H3;1-2H;1H2. The van der Waals surface area contributed by atoms with E-state index in [1.165, 1.54) is 73.8 Å². The predicted molar refractivity (Wildman–Crippen MR) is 260 cm³/mol. The maximum absolute atomic E-state index is 14.1. The molecule has 0 aliphatic heterocycles. The van der Waals surface area contributed by atoms with Gasteiger partial charge in [-0.15, -0.1) is 0 Å². The molecule has 2 aliphatic carbocycles. The van der Waals surface area contributed by atoms with Crippen LogP contribution in [0.15, 0.2) is 72.8 Å². The van der Waals surface area contributed by atoms with Gasteiger partial charge < -0.3 is 49.3 Å². The zero-order chi connectivity index (χ0) is 51.7.